The molecule has 162 valence electrons. The topological polar surface area (TPSA) is 89.3 Å². The summed E-state index contributed by atoms with van der Waals surface area (Å²) in [5.74, 6) is 0.0156. The quantitative estimate of drug-likeness (QED) is 0.613. The molecule has 9 heteroatoms. The molecule has 1 saturated carbocycles. The van der Waals surface area contributed by atoms with Crippen molar-refractivity contribution in [1.82, 2.24) is 19.7 Å². The second-order valence-electron chi connectivity index (χ2n) is 8.46. The summed E-state index contributed by atoms with van der Waals surface area (Å²) in [7, 11) is 3.05. The number of nitrogens with zero attached hydrogens (tertiary/aromatic N) is 4. The Morgan fingerprint density at radius 3 is 2.81 bits per heavy atom. The molecule has 5 rings (SSSR count). The van der Waals surface area contributed by atoms with Gasteiger partial charge in [0.25, 0.3) is 5.91 Å². The Balaban J connectivity index is 1.46. The molecule has 0 unspecified atom stereocenters. The number of thiophene rings is 1. The van der Waals surface area contributed by atoms with Crippen LogP contribution >= 0.6 is 11.3 Å². The van der Waals surface area contributed by atoms with Crippen LogP contribution in [0.3, 0.4) is 0 Å². The number of hydrogen-bond acceptors (Lipinski definition) is 7. The number of rotatable bonds is 5. The van der Waals surface area contributed by atoms with E-state index in [1.165, 1.54) is 42.4 Å². The van der Waals surface area contributed by atoms with Crippen molar-refractivity contribution in [3.8, 4) is 0 Å². The number of likely N-dealkylation sites (tertiary alicyclic amines) is 1. The van der Waals surface area contributed by atoms with Crippen LogP contribution in [-0.2, 0) is 18.3 Å². The first kappa shape index (κ1) is 20.1. The average molecular weight is 440 g/mol. The zero-order chi connectivity index (χ0) is 21.7. The maximum Gasteiger partial charge on any atom is 0.350 e. The van der Waals surface area contributed by atoms with E-state index >= 15 is 0 Å². The highest BCUT2D eigenvalue weighted by Crippen LogP contribution is 2.39. The number of ether oxygens (including phenoxy) is 1. The van der Waals surface area contributed by atoms with Gasteiger partial charge in [-0.05, 0) is 50.3 Å². The van der Waals surface area contributed by atoms with Crippen LogP contribution in [0.5, 0.6) is 0 Å². The SMILES string of the molecule is COC(=O)c1sc2nc(CN3C[C@H]4CC[C@@H]3C4)ccc2c1NC(=O)c1cc(C)nn1C. The van der Waals surface area contributed by atoms with Crippen LogP contribution in [0.15, 0.2) is 18.2 Å². The van der Waals surface area contributed by atoms with E-state index in [1.807, 2.05) is 19.1 Å². The second kappa shape index (κ2) is 7.72. The van der Waals surface area contributed by atoms with Gasteiger partial charge in [-0.2, -0.15) is 5.10 Å². The third-order valence-electron chi connectivity index (χ3n) is 6.34. The van der Waals surface area contributed by atoms with Crippen molar-refractivity contribution in [2.75, 3.05) is 19.0 Å². The van der Waals surface area contributed by atoms with Crippen LogP contribution in [0.4, 0.5) is 5.69 Å². The number of amides is 1. The fourth-order valence-electron chi connectivity index (χ4n) is 4.89. The molecule has 0 spiro atoms. The van der Waals surface area contributed by atoms with Gasteiger partial charge in [0, 0.05) is 31.6 Å². The number of nitrogens with one attached hydrogen (secondary N) is 1. The standard InChI is InChI=1S/C22H25N5O3S/c1-12-8-17(26(2)25-12)20(28)24-18-16-7-5-14(11-27-10-13-4-6-15(27)9-13)23-21(16)31-19(18)22(29)30-3/h5,7-8,13,15H,4,6,9-11H2,1-3H3,(H,24,28)/t13-,15+/m0/s1. The first-order valence-electron chi connectivity index (χ1n) is 10.5. The van der Waals surface area contributed by atoms with Crippen LogP contribution in [0, 0.1) is 12.8 Å². The summed E-state index contributed by atoms with van der Waals surface area (Å²) in [4.78, 5) is 33.7. The number of fused-ring (bicyclic) bond motifs is 3. The van der Waals surface area contributed by atoms with Gasteiger partial charge in [0.2, 0.25) is 0 Å². The number of hydrogen-bond donors (Lipinski definition) is 1. The molecule has 2 atom stereocenters. The molecule has 4 heterocycles. The summed E-state index contributed by atoms with van der Waals surface area (Å²) < 4.78 is 6.48. The van der Waals surface area contributed by atoms with Gasteiger partial charge in [0.05, 0.1) is 24.2 Å². The molecular weight excluding hydrogens is 414 g/mol. The van der Waals surface area contributed by atoms with Gasteiger partial charge in [-0.15, -0.1) is 11.3 Å². The van der Waals surface area contributed by atoms with Crippen LogP contribution in [0.1, 0.15) is 50.8 Å². The monoisotopic (exact) mass is 439 g/mol. The Kier molecular flexibility index (Phi) is 5.02. The maximum absolute atomic E-state index is 12.9. The van der Waals surface area contributed by atoms with Crippen LogP contribution in [0.25, 0.3) is 10.2 Å². The largest absolute Gasteiger partial charge is 0.465 e. The molecule has 2 fully saturated rings. The fourth-order valence-corrected chi connectivity index (χ4v) is 5.96. The molecular formula is C22H25N5O3S. The number of aromatic nitrogens is 3. The van der Waals surface area contributed by atoms with Crippen LogP contribution < -0.4 is 5.32 Å². The lowest BCUT2D eigenvalue weighted by molar-refractivity contribution is 0.0607. The van der Waals surface area contributed by atoms with Crippen molar-refractivity contribution in [3.63, 3.8) is 0 Å². The smallest absolute Gasteiger partial charge is 0.350 e. The number of methoxy groups -OCH3 is 1. The molecule has 1 amide bonds. The Labute approximate surface area is 184 Å². The molecule has 2 aliphatic rings. The lowest BCUT2D eigenvalue weighted by Gasteiger charge is -2.26. The number of pyridine rings is 1. The van der Waals surface area contributed by atoms with E-state index in [1.54, 1.807) is 13.1 Å². The predicted octanol–water partition coefficient (Wildman–Crippen LogP) is 3.36. The highest BCUT2D eigenvalue weighted by Gasteiger charge is 2.37. The molecule has 3 aromatic rings. The van der Waals surface area contributed by atoms with Gasteiger partial charge >= 0.3 is 5.97 Å². The molecule has 1 aliphatic heterocycles. The summed E-state index contributed by atoms with van der Waals surface area (Å²) in [6.45, 7) is 3.79. The molecule has 1 aliphatic carbocycles. The Bertz CT molecular complexity index is 1180. The van der Waals surface area contributed by atoms with E-state index in [-0.39, 0.29) is 5.91 Å². The van der Waals surface area contributed by atoms with Gasteiger partial charge in [-0.25, -0.2) is 9.78 Å². The highest BCUT2D eigenvalue weighted by molar-refractivity contribution is 7.21. The molecule has 2 bridgehead atoms. The number of carbonyl (C=O) groups excluding carboxylic acids is 2. The molecule has 1 N–H and O–H groups in total. The minimum absolute atomic E-state index is 0.329. The highest BCUT2D eigenvalue weighted by atomic mass is 32.1. The van der Waals surface area contributed by atoms with Gasteiger partial charge in [0.15, 0.2) is 0 Å². The first-order chi connectivity index (χ1) is 14.9. The van der Waals surface area contributed by atoms with Crippen molar-refractivity contribution in [2.45, 2.75) is 38.8 Å². The Morgan fingerprint density at radius 2 is 2.16 bits per heavy atom. The third kappa shape index (κ3) is 3.61. The van der Waals surface area contributed by atoms with E-state index in [0.717, 1.165) is 40.6 Å². The van der Waals surface area contributed by atoms with Crippen molar-refractivity contribution in [1.29, 1.82) is 0 Å². The summed E-state index contributed by atoms with van der Waals surface area (Å²) >= 11 is 1.25. The Morgan fingerprint density at radius 1 is 1.32 bits per heavy atom. The minimum atomic E-state index is -0.488. The molecule has 0 radical (unpaired) electrons. The first-order valence-corrected chi connectivity index (χ1v) is 11.3. The maximum atomic E-state index is 12.9. The molecule has 0 aromatic carbocycles. The lowest BCUT2D eigenvalue weighted by Crippen LogP contribution is -2.31. The van der Waals surface area contributed by atoms with Crippen LogP contribution in [-0.4, -0.2) is 51.2 Å². The molecule has 1 saturated heterocycles. The van der Waals surface area contributed by atoms with E-state index in [9.17, 15) is 9.59 Å². The molecule has 8 nitrogen and oxygen atoms in total. The number of anilines is 1. The van der Waals surface area contributed by atoms with Gasteiger partial charge in [-0.1, -0.05) is 0 Å². The molecule has 31 heavy (non-hydrogen) atoms. The fraction of sp³-hybridized carbons (Fsp3) is 0.455. The second-order valence-corrected chi connectivity index (χ2v) is 9.46. The Hall–Kier alpha value is -2.78. The van der Waals surface area contributed by atoms with E-state index in [0.29, 0.717) is 22.3 Å². The van der Waals surface area contributed by atoms with Gasteiger partial charge < -0.3 is 10.1 Å². The van der Waals surface area contributed by atoms with E-state index < -0.39 is 5.97 Å². The number of piperidine rings is 1. The summed E-state index contributed by atoms with van der Waals surface area (Å²) in [6, 6.07) is 6.32. The normalized spacial score (nSPS) is 20.5. The van der Waals surface area contributed by atoms with Gasteiger partial charge in [-0.3, -0.25) is 14.4 Å². The lowest BCUT2D eigenvalue weighted by atomic mass is 10.1. The zero-order valence-corrected chi connectivity index (χ0v) is 18.7. The summed E-state index contributed by atoms with van der Waals surface area (Å²) in [6.07, 6.45) is 3.93. The zero-order valence-electron chi connectivity index (χ0n) is 17.8. The summed E-state index contributed by atoms with van der Waals surface area (Å²) in [5.41, 5.74) is 2.59. The van der Waals surface area contributed by atoms with Crippen molar-refractivity contribution in [2.24, 2.45) is 13.0 Å². The number of aryl methyl sites for hydroxylation is 2. The van der Waals surface area contributed by atoms with Crippen LogP contribution in [0.2, 0.25) is 0 Å². The van der Waals surface area contributed by atoms with Crippen molar-refractivity contribution < 1.29 is 14.3 Å². The minimum Gasteiger partial charge on any atom is -0.465 e. The van der Waals surface area contributed by atoms with Crippen molar-refractivity contribution in [3.05, 3.63) is 40.2 Å². The van der Waals surface area contributed by atoms with E-state index in [2.05, 4.69) is 15.3 Å². The average Bonchev–Trinajstić information content (AvgIpc) is 3.51. The summed E-state index contributed by atoms with van der Waals surface area (Å²) in [5, 5.41) is 7.86. The number of esters is 1. The predicted molar refractivity (Wildman–Crippen MR) is 118 cm³/mol. The van der Waals surface area contributed by atoms with Gasteiger partial charge in [0.1, 0.15) is 15.4 Å². The van der Waals surface area contributed by atoms with Crippen molar-refractivity contribution >= 4 is 39.1 Å². The number of carbonyl (C=O) groups is 2. The third-order valence-corrected chi connectivity index (χ3v) is 7.42. The van der Waals surface area contributed by atoms with E-state index in [4.69, 9.17) is 9.72 Å². The molecule has 3 aromatic heterocycles.